The molecule has 2 fully saturated rings. The van der Waals surface area contributed by atoms with Crippen LogP contribution in [0.1, 0.15) is 32.6 Å². The van der Waals surface area contributed by atoms with Crippen LogP contribution in [-0.2, 0) is 9.53 Å². The van der Waals surface area contributed by atoms with Gasteiger partial charge >= 0.3 is 0 Å². The van der Waals surface area contributed by atoms with E-state index < -0.39 is 0 Å². The molecule has 0 bridgehead atoms. The summed E-state index contributed by atoms with van der Waals surface area (Å²) in [7, 11) is 0. The van der Waals surface area contributed by atoms with Crippen LogP contribution in [0.4, 0.5) is 0 Å². The van der Waals surface area contributed by atoms with Gasteiger partial charge in [-0.05, 0) is 38.1 Å². The second-order valence-corrected chi connectivity index (χ2v) is 5.19. The highest BCUT2D eigenvalue weighted by molar-refractivity contribution is 5.77. The molecule has 4 nitrogen and oxygen atoms in total. The first-order valence-electron chi connectivity index (χ1n) is 6.89. The molecule has 1 aliphatic carbocycles. The molecule has 1 unspecified atom stereocenters. The minimum atomic E-state index is 0.168. The molecule has 1 saturated carbocycles. The average Bonchev–Trinajstić information content (AvgIpc) is 2.99. The maximum Gasteiger partial charge on any atom is 0.248 e. The molecule has 98 valence electrons. The average molecular weight is 240 g/mol. The van der Waals surface area contributed by atoms with Crippen molar-refractivity contribution in [3.8, 4) is 0 Å². The van der Waals surface area contributed by atoms with E-state index in [0.717, 1.165) is 45.0 Å². The minimum Gasteiger partial charge on any atom is -0.371 e. The first-order valence-corrected chi connectivity index (χ1v) is 6.89. The lowest BCUT2D eigenvalue weighted by Gasteiger charge is -2.28. The third-order valence-electron chi connectivity index (χ3n) is 3.54. The summed E-state index contributed by atoms with van der Waals surface area (Å²) >= 11 is 0. The zero-order valence-electron chi connectivity index (χ0n) is 10.8. The van der Waals surface area contributed by atoms with Gasteiger partial charge in [-0.25, -0.2) is 0 Å². The van der Waals surface area contributed by atoms with Crippen LogP contribution in [0.25, 0.3) is 0 Å². The molecule has 1 saturated heterocycles. The van der Waals surface area contributed by atoms with Gasteiger partial charge in [-0.1, -0.05) is 6.92 Å². The molecule has 1 N–H and O–H groups in total. The quantitative estimate of drug-likeness (QED) is 0.722. The molecule has 0 aromatic heterocycles. The first kappa shape index (κ1) is 12.8. The minimum absolute atomic E-state index is 0.168. The second-order valence-electron chi connectivity index (χ2n) is 5.19. The van der Waals surface area contributed by atoms with Crippen molar-refractivity contribution in [1.29, 1.82) is 0 Å². The largest absolute Gasteiger partial charge is 0.371 e. The molecule has 1 amide bonds. The Labute approximate surface area is 104 Å². The zero-order valence-corrected chi connectivity index (χ0v) is 10.8. The van der Waals surface area contributed by atoms with Gasteiger partial charge in [-0.15, -0.1) is 0 Å². The smallest absolute Gasteiger partial charge is 0.248 e. The standard InChI is InChI=1S/C13H24N2O2/c1-2-7-15(12-5-6-14-8-12)13(16)10-17-9-11-3-4-11/h11-12,14H,2-10H2,1H3. The summed E-state index contributed by atoms with van der Waals surface area (Å²) in [5, 5.41) is 3.32. The Morgan fingerprint density at radius 3 is 2.82 bits per heavy atom. The van der Waals surface area contributed by atoms with Gasteiger partial charge in [0.1, 0.15) is 6.61 Å². The Kier molecular flexibility index (Phi) is 4.80. The number of nitrogens with zero attached hydrogens (tertiary/aromatic N) is 1. The third-order valence-corrected chi connectivity index (χ3v) is 3.54. The third kappa shape index (κ3) is 3.96. The van der Waals surface area contributed by atoms with Gasteiger partial charge in [0.2, 0.25) is 5.91 Å². The van der Waals surface area contributed by atoms with Crippen molar-refractivity contribution in [1.82, 2.24) is 10.2 Å². The van der Waals surface area contributed by atoms with Crippen LogP contribution in [0.3, 0.4) is 0 Å². The normalized spacial score (nSPS) is 23.9. The van der Waals surface area contributed by atoms with E-state index in [2.05, 4.69) is 12.2 Å². The Morgan fingerprint density at radius 1 is 1.41 bits per heavy atom. The van der Waals surface area contributed by atoms with Crippen molar-refractivity contribution in [2.75, 3.05) is 32.8 Å². The topological polar surface area (TPSA) is 41.6 Å². The molecular weight excluding hydrogens is 216 g/mol. The highest BCUT2D eigenvalue weighted by Gasteiger charge is 2.26. The summed E-state index contributed by atoms with van der Waals surface area (Å²) in [4.78, 5) is 14.1. The van der Waals surface area contributed by atoms with Gasteiger partial charge in [0, 0.05) is 19.1 Å². The van der Waals surface area contributed by atoms with Crippen molar-refractivity contribution in [2.24, 2.45) is 5.92 Å². The number of rotatable bonds is 7. The van der Waals surface area contributed by atoms with Gasteiger partial charge in [0.15, 0.2) is 0 Å². The summed E-state index contributed by atoms with van der Waals surface area (Å²) in [6.45, 7) is 5.99. The van der Waals surface area contributed by atoms with E-state index in [-0.39, 0.29) is 12.5 Å². The van der Waals surface area contributed by atoms with Crippen molar-refractivity contribution in [2.45, 2.75) is 38.6 Å². The van der Waals surface area contributed by atoms with E-state index in [4.69, 9.17) is 4.74 Å². The van der Waals surface area contributed by atoms with E-state index >= 15 is 0 Å². The monoisotopic (exact) mass is 240 g/mol. The molecule has 2 rings (SSSR count). The Hall–Kier alpha value is -0.610. The lowest BCUT2D eigenvalue weighted by atomic mass is 10.2. The molecule has 1 heterocycles. The number of amides is 1. The van der Waals surface area contributed by atoms with E-state index in [1.165, 1.54) is 12.8 Å². The molecule has 4 heteroatoms. The van der Waals surface area contributed by atoms with Crippen molar-refractivity contribution < 1.29 is 9.53 Å². The second kappa shape index (κ2) is 6.36. The lowest BCUT2D eigenvalue weighted by molar-refractivity contribution is -0.138. The summed E-state index contributed by atoms with van der Waals surface area (Å²) in [5.41, 5.74) is 0. The van der Waals surface area contributed by atoms with E-state index in [1.807, 2.05) is 4.90 Å². The van der Waals surface area contributed by atoms with Crippen LogP contribution in [0.5, 0.6) is 0 Å². The van der Waals surface area contributed by atoms with Crippen LogP contribution in [-0.4, -0.2) is 49.7 Å². The summed E-state index contributed by atoms with van der Waals surface area (Å²) in [5.74, 6) is 0.900. The SMILES string of the molecule is CCCN(C(=O)COCC1CC1)C1CCNC1. The van der Waals surface area contributed by atoms with E-state index in [9.17, 15) is 4.79 Å². The summed E-state index contributed by atoms with van der Waals surface area (Å²) in [6.07, 6.45) is 4.65. The molecule has 1 atom stereocenters. The summed E-state index contributed by atoms with van der Waals surface area (Å²) in [6, 6.07) is 0.381. The van der Waals surface area contributed by atoms with E-state index in [0.29, 0.717) is 6.04 Å². The van der Waals surface area contributed by atoms with Gasteiger partial charge < -0.3 is 15.0 Å². The number of hydrogen-bond donors (Lipinski definition) is 1. The maximum atomic E-state index is 12.1. The Morgan fingerprint density at radius 2 is 2.24 bits per heavy atom. The maximum absolute atomic E-state index is 12.1. The molecule has 0 aromatic carbocycles. The fraction of sp³-hybridized carbons (Fsp3) is 0.923. The highest BCUT2D eigenvalue weighted by Crippen LogP contribution is 2.28. The molecular formula is C13H24N2O2. The molecule has 0 aromatic rings. The van der Waals surface area contributed by atoms with Gasteiger partial charge in [0.25, 0.3) is 0 Å². The van der Waals surface area contributed by atoms with Gasteiger partial charge in [-0.3, -0.25) is 4.79 Å². The van der Waals surface area contributed by atoms with Crippen LogP contribution in [0.2, 0.25) is 0 Å². The zero-order chi connectivity index (χ0) is 12.1. The van der Waals surface area contributed by atoms with E-state index in [1.54, 1.807) is 0 Å². The Bertz CT molecular complexity index is 248. The summed E-state index contributed by atoms with van der Waals surface area (Å²) < 4.78 is 5.49. The number of nitrogens with one attached hydrogen (secondary N) is 1. The molecule has 1 aliphatic heterocycles. The number of ether oxygens (including phenoxy) is 1. The van der Waals surface area contributed by atoms with Crippen LogP contribution < -0.4 is 5.32 Å². The van der Waals surface area contributed by atoms with Crippen molar-refractivity contribution >= 4 is 5.91 Å². The van der Waals surface area contributed by atoms with Gasteiger partial charge in [0.05, 0.1) is 6.61 Å². The fourth-order valence-electron chi connectivity index (χ4n) is 2.34. The fourth-order valence-corrected chi connectivity index (χ4v) is 2.34. The number of hydrogen-bond acceptors (Lipinski definition) is 3. The Balaban J connectivity index is 1.74. The van der Waals surface area contributed by atoms with Crippen molar-refractivity contribution in [3.05, 3.63) is 0 Å². The molecule has 0 spiro atoms. The van der Waals surface area contributed by atoms with Gasteiger partial charge in [-0.2, -0.15) is 0 Å². The molecule has 17 heavy (non-hydrogen) atoms. The predicted octanol–water partition coefficient (Wildman–Crippen LogP) is 1.01. The number of carbonyl (C=O) groups excluding carboxylic acids is 1. The van der Waals surface area contributed by atoms with Crippen LogP contribution >= 0.6 is 0 Å². The highest BCUT2D eigenvalue weighted by atomic mass is 16.5. The first-order chi connectivity index (χ1) is 8.31. The molecule has 0 radical (unpaired) electrons. The van der Waals surface area contributed by atoms with Crippen LogP contribution in [0, 0.1) is 5.92 Å². The number of carbonyl (C=O) groups is 1. The lowest BCUT2D eigenvalue weighted by Crippen LogP contribution is -2.43. The predicted molar refractivity (Wildman–Crippen MR) is 66.8 cm³/mol. The molecule has 2 aliphatic rings. The van der Waals surface area contributed by atoms with Crippen LogP contribution in [0.15, 0.2) is 0 Å². The van der Waals surface area contributed by atoms with Crippen molar-refractivity contribution in [3.63, 3.8) is 0 Å².